The summed E-state index contributed by atoms with van der Waals surface area (Å²) in [5, 5.41) is 0. The van der Waals surface area contributed by atoms with Gasteiger partial charge in [-0.1, -0.05) is 50.0 Å². The molecule has 0 aliphatic heterocycles. The maximum atomic E-state index is 5.74. The fraction of sp³-hybridized carbons (Fsp3) is 0.647. The molecule has 3 nitrogen and oxygen atoms in total. The molecule has 0 bridgehead atoms. The molecule has 0 aromatic heterocycles. The van der Waals surface area contributed by atoms with Crippen molar-refractivity contribution < 1.29 is 14.2 Å². The maximum absolute atomic E-state index is 5.74. The quantitative estimate of drug-likeness (QED) is 0.185. The third kappa shape index (κ3) is 10.7. The van der Waals surface area contributed by atoms with Gasteiger partial charge in [0.1, 0.15) is 0 Å². The molecule has 0 spiro atoms. The largest absolute Gasteiger partial charge is 0.323 e. The van der Waals surface area contributed by atoms with Crippen LogP contribution >= 0.6 is 0 Å². The lowest BCUT2D eigenvalue weighted by Crippen LogP contribution is -2.39. The van der Waals surface area contributed by atoms with Crippen LogP contribution in [0.4, 0.5) is 0 Å². The van der Waals surface area contributed by atoms with Gasteiger partial charge in [0.15, 0.2) is 0 Å². The Morgan fingerprint density at radius 2 is 1.14 bits per heavy atom. The monoisotopic (exact) mass is 309 g/mol. The Labute approximate surface area is 133 Å². The Hall–Kier alpha value is -0.683. The Morgan fingerprint density at radius 1 is 0.714 bits per heavy atom. The van der Waals surface area contributed by atoms with Crippen LogP contribution in [0.25, 0.3) is 0 Å². The molecule has 0 fully saturated rings. The normalized spacial score (nSPS) is 11.3. The van der Waals surface area contributed by atoms with Gasteiger partial charge in [0.05, 0.1) is 19.8 Å². The fourth-order valence-electron chi connectivity index (χ4n) is 1.90. The van der Waals surface area contributed by atoms with Crippen molar-refractivity contribution in [3.05, 3.63) is 38.0 Å². The first kappa shape index (κ1) is 20.3. The summed E-state index contributed by atoms with van der Waals surface area (Å²) in [6.45, 7) is 12.2. The fourth-order valence-corrected chi connectivity index (χ4v) is 2.15. The SMILES string of the molecule is C=CCOC(CCCCCCC[Si])(OCC=C)OCC=C. The Kier molecular flexibility index (Phi) is 13.8. The number of rotatable bonds is 16. The summed E-state index contributed by atoms with van der Waals surface area (Å²) in [4.78, 5) is 0. The lowest BCUT2D eigenvalue weighted by Gasteiger charge is -2.32. The molecule has 0 amide bonds. The highest BCUT2D eigenvalue weighted by Gasteiger charge is 2.32. The smallest absolute Gasteiger partial charge is 0.283 e. The minimum absolute atomic E-state index is 0.387. The van der Waals surface area contributed by atoms with E-state index >= 15 is 0 Å². The molecular weight excluding hydrogens is 280 g/mol. The summed E-state index contributed by atoms with van der Waals surface area (Å²) in [7, 11) is 3.49. The molecule has 0 saturated carbocycles. The average molecular weight is 310 g/mol. The van der Waals surface area contributed by atoms with Crippen LogP contribution < -0.4 is 0 Å². The van der Waals surface area contributed by atoms with Crippen LogP contribution in [0.5, 0.6) is 0 Å². The maximum Gasteiger partial charge on any atom is 0.283 e. The molecule has 0 aliphatic carbocycles. The van der Waals surface area contributed by atoms with E-state index in [9.17, 15) is 0 Å². The van der Waals surface area contributed by atoms with Crippen molar-refractivity contribution in [1.29, 1.82) is 0 Å². The molecule has 0 N–H and O–H groups in total. The van der Waals surface area contributed by atoms with Crippen LogP contribution in [-0.4, -0.2) is 36.0 Å². The van der Waals surface area contributed by atoms with Gasteiger partial charge in [-0.25, -0.2) is 0 Å². The predicted octanol–water partition coefficient (Wildman–Crippen LogP) is 4.18. The van der Waals surface area contributed by atoms with Gasteiger partial charge >= 0.3 is 0 Å². The zero-order valence-corrected chi connectivity index (χ0v) is 14.1. The average Bonchev–Trinajstić information content (AvgIpc) is 2.51. The molecule has 3 radical (unpaired) electrons. The highest BCUT2D eigenvalue weighted by molar-refractivity contribution is 6.08. The standard InChI is InChI=1S/C17H29O3Si/c1-4-13-18-17(19-14-5-2,20-15-6-3)12-10-8-7-9-11-16-21/h4-6H,1-3,7-16H2. The van der Waals surface area contributed by atoms with E-state index in [1.165, 1.54) is 19.3 Å². The van der Waals surface area contributed by atoms with Gasteiger partial charge in [0.25, 0.3) is 5.97 Å². The third-order valence-corrected chi connectivity index (χ3v) is 3.28. The molecule has 119 valence electrons. The zero-order chi connectivity index (χ0) is 15.8. The van der Waals surface area contributed by atoms with E-state index in [0.29, 0.717) is 26.2 Å². The van der Waals surface area contributed by atoms with Gasteiger partial charge in [-0.3, -0.25) is 0 Å². The number of ether oxygens (including phenoxy) is 3. The Morgan fingerprint density at radius 3 is 1.57 bits per heavy atom. The lowest BCUT2D eigenvalue weighted by molar-refractivity contribution is -0.373. The molecule has 0 atom stereocenters. The van der Waals surface area contributed by atoms with E-state index in [4.69, 9.17) is 14.2 Å². The van der Waals surface area contributed by atoms with Crippen LogP contribution in [0.15, 0.2) is 38.0 Å². The van der Waals surface area contributed by atoms with Gasteiger partial charge in [-0.15, -0.1) is 19.7 Å². The van der Waals surface area contributed by atoms with Crippen LogP contribution in [0.2, 0.25) is 6.04 Å². The van der Waals surface area contributed by atoms with E-state index < -0.39 is 5.97 Å². The van der Waals surface area contributed by atoms with E-state index in [1.54, 1.807) is 18.2 Å². The van der Waals surface area contributed by atoms with E-state index in [1.807, 2.05) is 0 Å². The number of unbranched alkanes of at least 4 members (excludes halogenated alkanes) is 4. The summed E-state index contributed by atoms with van der Waals surface area (Å²) in [6, 6.07) is 1.07. The topological polar surface area (TPSA) is 27.7 Å². The van der Waals surface area contributed by atoms with Gasteiger partial charge in [0.2, 0.25) is 0 Å². The highest BCUT2D eigenvalue weighted by Crippen LogP contribution is 2.24. The molecule has 0 rings (SSSR count). The third-order valence-electron chi connectivity index (χ3n) is 2.92. The minimum atomic E-state index is -1.02. The molecule has 0 heterocycles. The van der Waals surface area contributed by atoms with Crippen LogP contribution in [0.1, 0.15) is 38.5 Å². The molecular formula is C17H29O3Si. The Balaban J connectivity index is 4.37. The molecule has 0 aromatic rings. The summed E-state index contributed by atoms with van der Waals surface area (Å²) >= 11 is 0. The highest BCUT2D eigenvalue weighted by atomic mass is 28.1. The first-order valence-electron chi connectivity index (χ1n) is 7.63. The van der Waals surface area contributed by atoms with Gasteiger partial charge in [0, 0.05) is 16.7 Å². The van der Waals surface area contributed by atoms with E-state index in [0.717, 1.165) is 18.9 Å². The molecule has 21 heavy (non-hydrogen) atoms. The molecule has 0 aromatic carbocycles. The molecule has 4 heteroatoms. The van der Waals surface area contributed by atoms with Crippen LogP contribution in [-0.2, 0) is 14.2 Å². The van der Waals surface area contributed by atoms with Crippen molar-refractivity contribution >= 4 is 10.2 Å². The first-order chi connectivity index (χ1) is 10.2. The summed E-state index contributed by atoms with van der Waals surface area (Å²) in [5.41, 5.74) is 0. The zero-order valence-electron chi connectivity index (χ0n) is 13.1. The lowest BCUT2D eigenvalue weighted by atomic mass is 10.1. The molecule has 0 aliphatic rings. The van der Waals surface area contributed by atoms with Gasteiger partial charge in [-0.05, 0) is 6.42 Å². The summed E-state index contributed by atoms with van der Waals surface area (Å²) in [5.74, 6) is -1.02. The summed E-state index contributed by atoms with van der Waals surface area (Å²) in [6.07, 6.45) is 11.6. The number of hydrogen-bond donors (Lipinski definition) is 0. The van der Waals surface area contributed by atoms with Crippen molar-refractivity contribution in [2.24, 2.45) is 0 Å². The van der Waals surface area contributed by atoms with Crippen LogP contribution in [0, 0.1) is 0 Å². The van der Waals surface area contributed by atoms with Crippen molar-refractivity contribution in [2.75, 3.05) is 19.8 Å². The summed E-state index contributed by atoms with van der Waals surface area (Å²) < 4.78 is 17.2. The van der Waals surface area contributed by atoms with Gasteiger partial charge in [-0.2, -0.15) is 0 Å². The predicted molar refractivity (Wildman–Crippen MR) is 89.4 cm³/mol. The second kappa shape index (κ2) is 14.3. The van der Waals surface area contributed by atoms with Crippen molar-refractivity contribution in [3.63, 3.8) is 0 Å². The minimum Gasteiger partial charge on any atom is -0.323 e. The molecule has 0 saturated heterocycles. The van der Waals surface area contributed by atoms with E-state index in [-0.39, 0.29) is 0 Å². The first-order valence-corrected chi connectivity index (χ1v) is 8.34. The van der Waals surface area contributed by atoms with Crippen molar-refractivity contribution in [2.45, 2.75) is 50.5 Å². The Bertz CT molecular complexity index is 248. The van der Waals surface area contributed by atoms with Gasteiger partial charge < -0.3 is 14.2 Å². The van der Waals surface area contributed by atoms with Crippen LogP contribution in [0.3, 0.4) is 0 Å². The second-order valence-electron chi connectivity index (χ2n) is 4.75. The van der Waals surface area contributed by atoms with Crippen molar-refractivity contribution in [3.8, 4) is 0 Å². The number of hydrogen-bond acceptors (Lipinski definition) is 3. The second-order valence-corrected chi connectivity index (χ2v) is 5.25. The van der Waals surface area contributed by atoms with E-state index in [2.05, 4.69) is 30.0 Å². The molecule has 0 unspecified atom stereocenters. The van der Waals surface area contributed by atoms with Crippen molar-refractivity contribution in [1.82, 2.24) is 0 Å².